The van der Waals surface area contributed by atoms with E-state index in [0.29, 0.717) is 46.0 Å². The van der Waals surface area contributed by atoms with E-state index in [1.807, 2.05) is 0 Å². The van der Waals surface area contributed by atoms with Crippen molar-refractivity contribution in [2.24, 2.45) is 0 Å². The molecule has 0 unspecified atom stereocenters. The minimum absolute atomic E-state index is 0.104. The van der Waals surface area contributed by atoms with E-state index in [2.05, 4.69) is 44.0 Å². The molecular formula is C31H32F2N6O2. The van der Waals surface area contributed by atoms with Crippen molar-refractivity contribution in [3.63, 3.8) is 0 Å². The number of aromatic nitrogens is 2. The lowest BCUT2D eigenvalue weighted by Gasteiger charge is -2.32. The summed E-state index contributed by atoms with van der Waals surface area (Å²) in [6.07, 6.45) is 3.45. The molecule has 41 heavy (non-hydrogen) atoms. The fraction of sp³-hybridized carbons (Fsp3) is 0.258. The van der Waals surface area contributed by atoms with Gasteiger partial charge in [-0.15, -0.1) is 0 Å². The summed E-state index contributed by atoms with van der Waals surface area (Å²) >= 11 is 0. The Hall–Kier alpha value is -4.41. The molecule has 1 aliphatic heterocycles. The van der Waals surface area contributed by atoms with E-state index >= 15 is 0 Å². The minimum atomic E-state index is -0.645. The topological polar surface area (TPSA) is 82.6 Å². The summed E-state index contributed by atoms with van der Waals surface area (Å²) in [6, 6.07) is 14.1. The van der Waals surface area contributed by atoms with E-state index in [1.165, 1.54) is 30.6 Å². The Morgan fingerprint density at radius 1 is 1.05 bits per heavy atom. The smallest absolute Gasteiger partial charge is 0.247 e. The van der Waals surface area contributed by atoms with E-state index in [4.69, 9.17) is 4.74 Å². The maximum atomic E-state index is 14.4. The Morgan fingerprint density at radius 2 is 1.80 bits per heavy atom. The third-order valence-corrected chi connectivity index (χ3v) is 7.03. The standard InChI is InChI=1S/C31H32F2N6O2/c1-3-29(40)37-27-18-23-26(19-28(27)41-16-6-11-39-14-12-38(2)13-15-39)34-20-35-31(23)36-22-8-4-7-21(17-22)30-24(32)9-5-10-25(30)33/h3-5,7-10,17-20H,1,6,11-16H2,2H3,(H,37,40)(H,34,35,36). The number of nitrogens with zero attached hydrogens (tertiary/aromatic N) is 4. The summed E-state index contributed by atoms with van der Waals surface area (Å²) in [5.41, 5.74) is 1.92. The SMILES string of the molecule is C=CC(=O)Nc1cc2c(Nc3cccc(-c4c(F)cccc4F)c3)ncnc2cc1OCCCN1CCN(C)CC1. The van der Waals surface area contributed by atoms with Crippen LogP contribution in [-0.4, -0.2) is 72.1 Å². The molecule has 4 aromatic rings. The van der Waals surface area contributed by atoms with Gasteiger partial charge < -0.3 is 25.2 Å². The maximum Gasteiger partial charge on any atom is 0.247 e. The molecule has 10 heteroatoms. The van der Waals surface area contributed by atoms with Crippen LogP contribution >= 0.6 is 0 Å². The van der Waals surface area contributed by atoms with Gasteiger partial charge in [0.25, 0.3) is 0 Å². The van der Waals surface area contributed by atoms with Gasteiger partial charge in [0.05, 0.1) is 23.4 Å². The number of anilines is 3. The third-order valence-electron chi connectivity index (χ3n) is 7.03. The first-order valence-corrected chi connectivity index (χ1v) is 13.5. The van der Waals surface area contributed by atoms with E-state index in [9.17, 15) is 13.6 Å². The number of benzene rings is 3. The van der Waals surface area contributed by atoms with Crippen molar-refractivity contribution in [3.05, 3.63) is 85.2 Å². The molecule has 5 rings (SSSR count). The zero-order chi connectivity index (χ0) is 28.8. The highest BCUT2D eigenvalue weighted by molar-refractivity contribution is 6.03. The summed E-state index contributed by atoms with van der Waals surface area (Å²) in [7, 11) is 2.13. The quantitative estimate of drug-likeness (QED) is 0.198. The first-order chi connectivity index (χ1) is 19.9. The van der Waals surface area contributed by atoms with Crippen LogP contribution < -0.4 is 15.4 Å². The Morgan fingerprint density at radius 3 is 2.56 bits per heavy atom. The lowest BCUT2D eigenvalue weighted by atomic mass is 10.0. The number of piperazine rings is 1. The summed E-state index contributed by atoms with van der Waals surface area (Å²) < 4.78 is 34.9. The number of ether oxygens (including phenoxy) is 1. The Labute approximate surface area is 237 Å². The molecule has 3 aromatic carbocycles. The second-order valence-corrected chi connectivity index (χ2v) is 9.93. The normalized spacial score (nSPS) is 14.1. The molecule has 0 saturated carbocycles. The van der Waals surface area contributed by atoms with E-state index < -0.39 is 11.6 Å². The van der Waals surface area contributed by atoms with Crippen molar-refractivity contribution in [1.82, 2.24) is 19.8 Å². The van der Waals surface area contributed by atoms with Crippen molar-refractivity contribution >= 4 is 34.0 Å². The second-order valence-electron chi connectivity index (χ2n) is 9.93. The number of halogens is 2. The molecule has 212 valence electrons. The molecule has 0 aliphatic carbocycles. The van der Waals surface area contributed by atoms with E-state index in [1.54, 1.807) is 36.4 Å². The fourth-order valence-electron chi connectivity index (χ4n) is 4.79. The second kappa shape index (κ2) is 12.8. The van der Waals surface area contributed by atoms with Crippen molar-refractivity contribution in [2.75, 3.05) is 57.0 Å². The minimum Gasteiger partial charge on any atom is -0.491 e. The van der Waals surface area contributed by atoms with Gasteiger partial charge >= 0.3 is 0 Å². The van der Waals surface area contributed by atoms with Gasteiger partial charge in [-0.3, -0.25) is 4.79 Å². The van der Waals surface area contributed by atoms with Crippen molar-refractivity contribution in [3.8, 4) is 16.9 Å². The van der Waals surface area contributed by atoms with Gasteiger partial charge in [-0.25, -0.2) is 18.7 Å². The van der Waals surface area contributed by atoms with Gasteiger partial charge in [-0.1, -0.05) is 24.8 Å². The maximum absolute atomic E-state index is 14.4. The van der Waals surface area contributed by atoms with Gasteiger partial charge in [0.15, 0.2) is 0 Å². The average Bonchev–Trinajstić information content (AvgIpc) is 2.97. The van der Waals surface area contributed by atoms with Crippen LogP contribution in [0, 0.1) is 11.6 Å². The zero-order valence-corrected chi connectivity index (χ0v) is 22.9. The van der Waals surface area contributed by atoms with Crippen molar-refractivity contribution in [2.45, 2.75) is 6.42 Å². The summed E-state index contributed by atoms with van der Waals surface area (Å²) in [4.78, 5) is 25.8. The van der Waals surface area contributed by atoms with Crippen LogP contribution in [0.4, 0.5) is 26.0 Å². The molecule has 2 N–H and O–H groups in total. The van der Waals surface area contributed by atoms with Crippen LogP contribution in [0.5, 0.6) is 5.75 Å². The molecule has 0 spiro atoms. The zero-order valence-electron chi connectivity index (χ0n) is 22.9. The first kappa shape index (κ1) is 28.1. The Balaban J connectivity index is 1.38. The molecule has 1 aromatic heterocycles. The van der Waals surface area contributed by atoms with Gasteiger partial charge in [-0.2, -0.15) is 0 Å². The molecule has 1 fully saturated rings. The predicted octanol–water partition coefficient (Wildman–Crippen LogP) is 5.46. The van der Waals surface area contributed by atoms with Crippen molar-refractivity contribution < 1.29 is 18.3 Å². The monoisotopic (exact) mass is 558 g/mol. The highest BCUT2D eigenvalue weighted by atomic mass is 19.1. The predicted molar refractivity (Wildman–Crippen MR) is 157 cm³/mol. The molecule has 2 heterocycles. The highest BCUT2D eigenvalue weighted by Gasteiger charge is 2.16. The number of hydrogen-bond donors (Lipinski definition) is 2. The van der Waals surface area contributed by atoms with Crippen LogP contribution in [-0.2, 0) is 4.79 Å². The van der Waals surface area contributed by atoms with Crippen LogP contribution in [0.2, 0.25) is 0 Å². The van der Waals surface area contributed by atoms with Crippen LogP contribution in [0.1, 0.15) is 6.42 Å². The van der Waals surface area contributed by atoms with Gasteiger partial charge in [0.1, 0.15) is 29.5 Å². The highest BCUT2D eigenvalue weighted by Crippen LogP contribution is 2.34. The lowest BCUT2D eigenvalue weighted by molar-refractivity contribution is -0.111. The summed E-state index contributed by atoms with van der Waals surface area (Å²) in [5, 5.41) is 6.66. The van der Waals surface area contributed by atoms with Crippen LogP contribution in [0.25, 0.3) is 22.0 Å². The number of likely N-dealkylation sites (N-methyl/N-ethyl adjacent to an activating group) is 1. The molecule has 8 nitrogen and oxygen atoms in total. The first-order valence-electron chi connectivity index (χ1n) is 13.5. The average molecular weight is 559 g/mol. The van der Waals surface area contributed by atoms with Crippen molar-refractivity contribution in [1.29, 1.82) is 0 Å². The molecule has 0 atom stereocenters. The molecule has 0 bridgehead atoms. The molecule has 1 amide bonds. The number of fused-ring (bicyclic) bond motifs is 1. The lowest BCUT2D eigenvalue weighted by Crippen LogP contribution is -2.44. The largest absolute Gasteiger partial charge is 0.491 e. The number of amides is 1. The van der Waals surface area contributed by atoms with E-state index in [-0.39, 0.29) is 11.5 Å². The molecule has 0 radical (unpaired) electrons. The van der Waals surface area contributed by atoms with Crippen LogP contribution in [0.3, 0.4) is 0 Å². The van der Waals surface area contributed by atoms with Gasteiger partial charge in [0, 0.05) is 49.9 Å². The molecular weight excluding hydrogens is 526 g/mol. The number of nitrogens with one attached hydrogen (secondary N) is 2. The number of carbonyl (C=O) groups excluding carboxylic acids is 1. The van der Waals surface area contributed by atoms with Crippen LogP contribution in [0.15, 0.2) is 73.6 Å². The fourth-order valence-corrected chi connectivity index (χ4v) is 4.79. The summed E-state index contributed by atoms with van der Waals surface area (Å²) in [6.45, 7) is 9.15. The van der Waals surface area contributed by atoms with Gasteiger partial charge in [-0.05, 0) is 55.4 Å². The third kappa shape index (κ3) is 6.85. The molecule has 1 saturated heterocycles. The van der Waals surface area contributed by atoms with E-state index in [0.717, 1.165) is 39.1 Å². The summed E-state index contributed by atoms with van der Waals surface area (Å²) in [5.74, 6) is -0.719. The molecule has 1 aliphatic rings. The number of hydrogen-bond acceptors (Lipinski definition) is 7. The Kier molecular flexibility index (Phi) is 8.81. The van der Waals surface area contributed by atoms with Gasteiger partial charge in [0.2, 0.25) is 5.91 Å². The Bertz CT molecular complexity index is 1540. The number of rotatable bonds is 10. The number of carbonyl (C=O) groups is 1.